The highest BCUT2D eigenvalue weighted by Crippen LogP contribution is 2.18. The van der Waals surface area contributed by atoms with E-state index in [9.17, 15) is 9.59 Å². The van der Waals surface area contributed by atoms with Crippen LogP contribution in [0, 0.1) is 0 Å². The molecule has 3 N–H and O–H groups in total. The predicted molar refractivity (Wildman–Crippen MR) is 97.2 cm³/mol. The molecular formula is C18H22N4O3. The van der Waals surface area contributed by atoms with Crippen LogP contribution in [0.15, 0.2) is 42.6 Å². The number of aromatic nitrogens is 1. The topological polar surface area (TPSA) is 92.4 Å². The third-order valence-electron chi connectivity index (χ3n) is 3.11. The molecule has 0 fully saturated rings. The lowest BCUT2D eigenvalue weighted by atomic mass is 10.2. The summed E-state index contributed by atoms with van der Waals surface area (Å²) in [6.45, 7) is 5.88. The van der Waals surface area contributed by atoms with E-state index in [-0.39, 0.29) is 18.0 Å². The van der Waals surface area contributed by atoms with Crippen LogP contribution in [-0.4, -0.2) is 29.6 Å². The Bertz CT molecular complexity index is 712. The van der Waals surface area contributed by atoms with E-state index in [0.29, 0.717) is 18.0 Å². The highest BCUT2D eigenvalue weighted by molar-refractivity contribution is 5.90. The first-order chi connectivity index (χ1) is 12.0. The van der Waals surface area contributed by atoms with Crippen LogP contribution in [0.5, 0.6) is 0 Å². The molecule has 1 aromatic heterocycles. The number of rotatable bonds is 6. The number of anilines is 3. The van der Waals surface area contributed by atoms with Crippen LogP contribution in [0.2, 0.25) is 0 Å². The van der Waals surface area contributed by atoms with Gasteiger partial charge in [-0.05, 0) is 57.2 Å². The fraction of sp³-hybridized carbons (Fsp3) is 0.278. The van der Waals surface area contributed by atoms with Crippen molar-refractivity contribution < 1.29 is 14.3 Å². The van der Waals surface area contributed by atoms with Crippen LogP contribution in [0.3, 0.4) is 0 Å². The van der Waals surface area contributed by atoms with Crippen molar-refractivity contribution in [3.05, 3.63) is 48.2 Å². The molecule has 25 heavy (non-hydrogen) atoms. The number of pyridine rings is 1. The van der Waals surface area contributed by atoms with Gasteiger partial charge in [0.1, 0.15) is 5.82 Å². The number of carbonyl (C=O) groups is 2. The number of nitrogens with one attached hydrogen (secondary N) is 3. The zero-order valence-corrected chi connectivity index (χ0v) is 14.5. The van der Waals surface area contributed by atoms with Crippen molar-refractivity contribution in [1.29, 1.82) is 0 Å². The van der Waals surface area contributed by atoms with Crippen molar-refractivity contribution >= 4 is 29.2 Å². The third-order valence-corrected chi connectivity index (χ3v) is 3.11. The van der Waals surface area contributed by atoms with Gasteiger partial charge < -0.3 is 15.4 Å². The summed E-state index contributed by atoms with van der Waals surface area (Å²) in [5.74, 6) is 0.118. The molecule has 0 saturated carbocycles. The smallest absolute Gasteiger partial charge is 0.338 e. The van der Waals surface area contributed by atoms with Crippen LogP contribution in [0.25, 0.3) is 0 Å². The summed E-state index contributed by atoms with van der Waals surface area (Å²) in [6.07, 6.45) is 1.62. The number of hydrogen-bond acceptors (Lipinski definition) is 5. The lowest BCUT2D eigenvalue weighted by Crippen LogP contribution is -2.34. The number of benzene rings is 1. The van der Waals surface area contributed by atoms with E-state index in [1.165, 1.54) is 0 Å². The quantitative estimate of drug-likeness (QED) is 0.698. The van der Waals surface area contributed by atoms with Gasteiger partial charge >= 0.3 is 12.0 Å². The average molecular weight is 342 g/mol. The number of urea groups is 1. The van der Waals surface area contributed by atoms with Gasteiger partial charge in [-0.1, -0.05) is 0 Å². The fourth-order valence-electron chi connectivity index (χ4n) is 2.03. The second-order valence-corrected chi connectivity index (χ2v) is 5.61. The lowest BCUT2D eigenvalue weighted by molar-refractivity contribution is 0.0526. The molecule has 2 rings (SSSR count). The maximum Gasteiger partial charge on any atom is 0.338 e. The standard InChI is InChI=1S/C18H22N4O3/c1-4-25-17(23)13-5-7-14(8-6-13)21-15-9-10-16(19-11-15)22-18(24)20-12(2)3/h5-12,21H,4H2,1-3H3,(H2,19,20,22,24). The van der Waals surface area contributed by atoms with E-state index in [1.54, 1.807) is 49.5 Å². The fourth-order valence-corrected chi connectivity index (χ4v) is 2.03. The molecule has 0 saturated heterocycles. The molecule has 0 aliphatic heterocycles. The van der Waals surface area contributed by atoms with Crippen molar-refractivity contribution in [3.8, 4) is 0 Å². The minimum atomic E-state index is -0.342. The Balaban J connectivity index is 1.94. The molecule has 7 heteroatoms. The van der Waals surface area contributed by atoms with Crippen LogP contribution in [0.4, 0.5) is 22.0 Å². The van der Waals surface area contributed by atoms with Crippen molar-refractivity contribution in [3.63, 3.8) is 0 Å². The van der Waals surface area contributed by atoms with Gasteiger partial charge in [0.2, 0.25) is 0 Å². The molecule has 0 radical (unpaired) electrons. The number of amides is 2. The highest BCUT2D eigenvalue weighted by Gasteiger charge is 2.06. The minimum absolute atomic E-state index is 0.0542. The first kappa shape index (κ1) is 18.3. The van der Waals surface area contributed by atoms with E-state index >= 15 is 0 Å². The van der Waals surface area contributed by atoms with Gasteiger partial charge in [0.05, 0.1) is 24.1 Å². The van der Waals surface area contributed by atoms with Gasteiger partial charge in [0.15, 0.2) is 0 Å². The zero-order chi connectivity index (χ0) is 18.2. The van der Waals surface area contributed by atoms with Gasteiger partial charge in [-0.25, -0.2) is 14.6 Å². The summed E-state index contributed by atoms with van der Waals surface area (Å²) in [6, 6.07) is 10.2. The van der Waals surface area contributed by atoms with Crippen molar-refractivity contribution in [2.24, 2.45) is 0 Å². The number of ether oxygens (including phenoxy) is 1. The second-order valence-electron chi connectivity index (χ2n) is 5.61. The average Bonchev–Trinajstić information content (AvgIpc) is 2.57. The summed E-state index contributed by atoms with van der Waals surface area (Å²) >= 11 is 0. The van der Waals surface area contributed by atoms with E-state index in [2.05, 4.69) is 20.9 Å². The maximum atomic E-state index is 11.6. The Morgan fingerprint density at radius 2 is 1.76 bits per heavy atom. The molecule has 1 aromatic carbocycles. The summed E-state index contributed by atoms with van der Waals surface area (Å²) in [7, 11) is 0. The minimum Gasteiger partial charge on any atom is -0.462 e. The Morgan fingerprint density at radius 3 is 2.32 bits per heavy atom. The Morgan fingerprint density at radius 1 is 1.08 bits per heavy atom. The maximum absolute atomic E-state index is 11.6. The summed E-state index contributed by atoms with van der Waals surface area (Å²) in [5.41, 5.74) is 2.08. The Labute approximate surface area is 146 Å². The van der Waals surface area contributed by atoms with Gasteiger partial charge in [-0.15, -0.1) is 0 Å². The van der Waals surface area contributed by atoms with Gasteiger partial charge in [0, 0.05) is 11.7 Å². The third kappa shape index (κ3) is 5.80. The number of carbonyl (C=O) groups excluding carboxylic acids is 2. The Hall–Kier alpha value is -3.09. The first-order valence-electron chi connectivity index (χ1n) is 8.05. The molecule has 2 aromatic rings. The highest BCUT2D eigenvalue weighted by atomic mass is 16.5. The largest absolute Gasteiger partial charge is 0.462 e. The molecule has 1 heterocycles. The van der Waals surface area contributed by atoms with E-state index < -0.39 is 0 Å². The first-order valence-corrected chi connectivity index (χ1v) is 8.05. The van der Waals surface area contributed by atoms with E-state index in [1.807, 2.05) is 13.8 Å². The van der Waals surface area contributed by atoms with Gasteiger partial charge in [-0.2, -0.15) is 0 Å². The molecule has 132 valence electrons. The summed E-state index contributed by atoms with van der Waals surface area (Å²) in [5, 5.41) is 8.55. The van der Waals surface area contributed by atoms with Crippen LogP contribution in [-0.2, 0) is 4.74 Å². The molecular weight excluding hydrogens is 320 g/mol. The number of esters is 1. The van der Waals surface area contributed by atoms with Gasteiger partial charge in [-0.3, -0.25) is 5.32 Å². The monoisotopic (exact) mass is 342 g/mol. The number of hydrogen-bond donors (Lipinski definition) is 3. The van der Waals surface area contributed by atoms with Crippen LogP contribution >= 0.6 is 0 Å². The van der Waals surface area contributed by atoms with Crippen molar-refractivity contribution in [2.75, 3.05) is 17.2 Å². The SMILES string of the molecule is CCOC(=O)c1ccc(Nc2ccc(NC(=O)NC(C)C)nc2)cc1. The molecule has 0 atom stereocenters. The molecule has 2 amide bonds. The van der Waals surface area contributed by atoms with Crippen LogP contribution < -0.4 is 16.0 Å². The second kappa shape index (κ2) is 8.68. The Kier molecular flexibility index (Phi) is 6.33. The van der Waals surface area contributed by atoms with Gasteiger partial charge in [0.25, 0.3) is 0 Å². The van der Waals surface area contributed by atoms with Crippen molar-refractivity contribution in [1.82, 2.24) is 10.3 Å². The summed E-state index contributed by atoms with van der Waals surface area (Å²) < 4.78 is 4.95. The van der Waals surface area contributed by atoms with E-state index in [0.717, 1.165) is 11.4 Å². The van der Waals surface area contributed by atoms with Crippen LogP contribution in [0.1, 0.15) is 31.1 Å². The summed E-state index contributed by atoms with van der Waals surface area (Å²) in [4.78, 5) is 27.4. The molecule has 0 bridgehead atoms. The molecule has 0 spiro atoms. The van der Waals surface area contributed by atoms with Crippen molar-refractivity contribution in [2.45, 2.75) is 26.8 Å². The zero-order valence-electron chi connectivity index (χ0n) is 14.5. The normalized spacial score (nSPS) is 10.2. The molecule has 7 nitrogen and oxygen atoms in total. The number of nitrogens with zero attached hydrogens (tertiary/aromatic N) is 1. The molecule has 0 aliphatic rings. The predicted octanol–water partition coefficient (Wildman–Crippen LogP) is 3.53. The van der Waals surface area contributed by atoms with E-state index in [4.69, 9.17) is 4.74 Å². The lowest BCUT2D eigenvalue weighted by Gasteiger charge is -2.10. The molecule has 0 aliphatic carbocycles. The molecule has 0 unspecified atom stereocenters.